The molecule has 0 aliphatic heterocycles. The number of benzene rings is 3. The minimum Gasteiger partial charge on any atom is -0.352 e. The fraction of sp³-hybridized carbons (Fsp3) is 0.355. The van der Waals surface area contributed by atoms with Gasteiger partial charge in [-0.05, 0) is 68.7 Å². The highest BCUT2D eigenvalue weighted by Crippen LogP contribution is 2.26. The number of hydrogen-bond acceptors (Lipinski definition) is 4. The van der Waals surface area contributed by atoms with E-state index in [4.69, 9.17) is 11.6 Å². The van der Waals surface area contributed by atoms with Gasteiger partial charge in [-0.3, -0.25) is 13.9 Å². The number of rotatable bonds is 10. The molecule has 4 rings (SSSR count). The lowest BCUT2D eigenvalue weighted by Crippen LogP contribution is -2.53. The Morgan fingerprint density at radius 1 is 0.925 bits per heavy atom. The zero-order chi connectivity index (χ0) is 28.7. The van der Waals surface area contributed by atoms with Crippen molar-refractivity contribution in [3.63, 3.8) is 0 Å². The SMILES string of the molecule is Cc1ccc(S(=O)(=O)N(CC(=O)N(Cc2ccccc2)[C@@H](C)C(=O)NC2CCCCC2)c2ccc(Cl)cc2)cc1. The van der Waals surface area contributed by atoms with Gasteiger partial charge < -0.3 is 10.2 Å². The van der Waals surface area contributed by atoms with E-state index >= 15 is 0 Å². The molecule has 1 aliphatic rings. The molecule has 1 fully saturated rings. The summed E-state index contributed by atoms with van der Waals surface area (Å²) < 4.78 is 28.8. The van der Waals surface area contributed by atoms with Crippen LogP contribution < -0.4 is 9.62 Å². The lowest BCUT2D eigenvalue weighted by molar-refractivity contribution is -0.139. The van der Waals surface area contributed by atoms with Gasteiger partial charge in [0.1, 0.15) is 12.6 Å². The molecule has 3 aromatic rings. The number of halogens is 1. The summed E-state index contributed by atoms with van der Waals surface area (Å²) in [6, 6.07) is 21.5. The number of anilines is 1. The smallest absolute Gasteiger partial charge is 0.264 e. The molecule has 1 N–H and O–H groups in total. The van der Waals surface area contributed by atoms with Gasteiger partial charge in [-0.2, -0.15) is 0 Å². The molecular formula is C31H36ClN3O4S. The predicted octanol–water partition coefficient (Wildman–Crippen LogP) is 5.71. The Balaban J connectivity index is 1.65. The summed E-state index contributed by atoms with van der Waals surface area (Å²) in [4.78, 5) is 28.8. The number of aryl methyl sites for hydroxylation is 1. The van der Waals surface area contributed by atoms with Gasteiger partial charge in [0.2, 0.25) is 11.8 Å². The van der Waals surface area contributed by atoms with Crippen molar-refractivity contribution in [1.82, 2.24) is 10.2 Å². The number of carbonyl (C=O) groups is 2. The van der Waals surface area contributed by atoms with Crippen LogP contribution in [0.1, 0.15) is 50.2 Å². The first-order valence-corrected chi connectivity index (χ1v) is 15.5. The molecule has 0 bridgehead atoms. The van der Waals surface area contributed by atoms with E-state index in [9.17, 15) is 18.0 Å². The molecule has 0 unspecified atom stereocenters. The van der Waals surface area contributed by atoms with Crippen LogP contribution in [0.25, 0.3) is 0 Å². The van der Waals surface area contributed by atoms with Crippen LogP contribution >= 0.6 is 11.6 Å². The Morgan fingerprint density at radius 3 is 2.17 bits per heavy atom. The Kier molecular flexibility index (Phi) is 9.87. The number of nitrogens with zero attached hydrogens (tertiary/aromatic N) is 2. The molecule has 1 saturated carbocycles. The maximum atomic E-state index is 14.0. The zero-order valence-corrected chi connectivity index (χ0v) is 24.5. The van der Waals surface area contributed by atoms with E-state index in [2.05, 4.69) is 5.32 Å². The van der Waals surface area contributed by atoms with Crippen molar-refractivity contribution in [3.05, 3.63) is 95.0 Å². The van der Waals surface area contributed by atoms with Crippen LogP contribution in [0.15, 0.2) is 83.8 Å². The second-order valence-corrected chi connectivity index (χ2v) is 12.6. The molecule has 7 nitrogen and oxygen atoms in total. The topological polar surface area (TPSA) is 86.8 Å². The van der Waals surface area contributed by atoms with Crippen molar-refractivity contribution < 1.29 is 18.0 Å². The number of hydrogen-bond donors (Lipinski definition) is 1. The van der Waals surface area contributed by atoms with Gasteiger partial charge in [0.15, 0.2) is 0 Å². The van der Waals surface area contributed by atoms with Crippen LogP contribution in [-0.4, -0.2) is 43.8 Å². The average Bonchev–Trinajstić information content (AvgIpc) is 2.96. The van der Waals surface area contributed by atoms with Crippen LogP contribution in [0.2, 0.25) is 5.02 Å². The number of nitrogens with one attached hydrogen (secondary N) is 1. The molecule has 40 heavy (non-hydrogen) atoms. The molecule has 212 valence electrons. The fourth-order valence-corrected chi connectivity index (χ4v) is 6.45. The predicted molar refractivity (Wildman–Crippen MR) is 159 cm³/mol. The third-order valence-electron chi connectivity index (χ3n) is 7.32. The molecule has 0 radical (unpaired) electrons. The minimum atomic E-state index is -4.11. The van der Waals surface area contributed by atoms with Crippen LogP contribution in [0.5, 0.6) is 0 Å². The van der Waals surface area contributed by atoms with Gasteiger partial charge >= 0.3 is 0 Å². The highest BCUT2D eigenvalue weighted by atomic mass is 35.5. The average molecular weight is 582 g/mol. The van der Waals surface area contributed by atoms with Crippen molar-refractivity contribution >= 4 is 39.1 Å². The Hall–Kier alpha value is -3.36. The summed E-state index contributed by atoms with van der Waals surface area (Å²) in [7, 11) is -4.11. The first-order valence-electron chi connectivity index (χ1n) is 13.6. The summed E-state index contributed by atoms with van der Waals surface area (Å²) in [5.41, 5.74) is 2.06. The molecule has 3 aromatic carbocycles. The molecule has 1 aliphatic carbocycles. The summed E-state index contributed by atoms with van der Waals surface area (Å²) in [5, 5.41) is 3.56. The van der Waals surface area contributed by atoms with Crippen molar-refractivity contribution in [1.29, 1.82) is 0 Å². The van der Waals surface area contributed by atoms with Crippen molar-refractivity contribution in [2.75, 3.05) is 10.8 Å². The quantitative estimate of drug-likeness (QED) is 0.332. The van der Waals surface area contributed by atoms with E-state index in [0.717, 1.165) is 47.5 Å². The van der Waals surface area contributed by atoms with E-state index in [1.807, 2.05) is 37.3 Å². The highest BCUT2D eigenvalue weighted by Gasteiger charge is 2.33. The van der Waals surface area contributed by atoms with E-state index in [1.54, 1.807) is 43.3 Å². The lowest BCUT2D eigenvalue weighted by atomic mass is 9.95. The molecule has 0 heterocycles. The van der Waals surface area contributed by atoms with Crippen molar-refractivity contribution in [3.8, 4) is 0 Å². The van der Waals surface area contributed by atoms with Crippen molar-refractivity contribution in [2.24, 2.45) is 0 Å². The molecule has 0 spiro atoms. The van der Waals surface area contributed by atoms with Gasteiger partial charge in [-0.25, -0.2) is 8.42 Å². The molecular weight excluding hydrogens is 546 g/mol. The number of amides is 2. The van der Waals surface area contributed by atoms with Crippen LogP contribution in [0.3, 0.4) is 0 Å². The van der Waals surface area contributed by atoms with E-state index < -0.39 is 28.5 Å². The van der Waals surface area contributed by atoms with E-state index in [0.29, 0.717) is 10.7 Å². The van der Waals surface area contributed by atoms with Crippen LogP contribution in [-0.2, 0) is 26.2 Å². The lowest BCUT2D eigenvalue weighted by Gasteiger charge is -2.33. The Bertz CT molecular complexity index is 1390. The molecule has 2 amide bonds. The third kappa shape index (κ3) is 7.43. The number of carbonyl (C=O) groups excluding carboxylic acids is 2. The normalized spacial score (nSPS) is 14.8. The fourth-order valence-electron chi connectivity index (χ4n) is 4.91. The third-order valence-corrected chi connectivity index (χ3v) is 9.36. The van der Waals surface area contributed by atoms with Gasteiger partial charge in [-0.1, -0.05) is 78.9 Å². The second kappa shape index (κ2) is 13.3. The summed E-state index contributed by atoms with van der Waals surface area (Å²) >= 11 is 6.08. The van der Waals surface area contributed by atoms with Gasteiger partial charge in [0, 0.05) is 17.6 Å². The largest absolute Gasteiger partial charge is 0.352 e. The maximum absolute atomic E-state index is 14.0. The Labute approximate surface area is 242 Å². The van der Waals surface area contributed by atoms with E-state index in [1.165, 1.54) is 17.0 Å². The summed E-state index contributed by atoms with van der Waals surface area (Å²) in [6.07, 6.45) is 5.14. The molecule has 0 aromatic heterocycles. The van der Waals surface area contributed by atoms with Crippen LogP contribution in [0, 0.1) is 6.92 Å². The maximum Gasteiger partial charge on any atom is 0.264 e. The van der Waals surface area contributed by atoms with Crippen molar-refractivity contribution in [2.45, 2.75) is 69.5 Å². The molecule has 9 heteroatoms. The number of sulfonamides is 1. The monoisotopic (exact) mass is 581 g/mol. The first-order chi connectivity index (χ1) is 19.1. The van der Waals surface area contributed by atoms with E-state index in [-0.39, 0.29) is 23.4 Å². The summed E-state index contributed by atoms with van der Waals surface area (Å²) in [6.45, 7) is 3.25. The van der Waals surface area contributed by atoms with Gasteiger partial charge in [0.05, 0.1) is 10.6 Å². The molecule has 0 saturated heterocycles. The van der Waals surface area contributed by atoms with Gasteiger partial charge in [0.25, 0.3) is 10.0 Å². The second-order valence-electron chi connectivity index (χ2n) is 10.3. The highest BCUT2D eigenvalue weighted by molar-refractivity contribution is 7.92. The minimum absolute atomic E-state index is 0.0681. The summed E-state index contributed by atoms with van der Waals surface area (Å²) in [5.74, 6) is -0.726. The van der Waals surface area contributed by atoms with Crippen LogP contribution in [0.4, 0.5) is 5.69 Å². The van der Waals surface area contributed by atoms with Gasteiger partial charge in [-0.15, -0.1) is 0 Å². The first kappa shape index (κ1) is 29.6. The standard InChI is InChI=1S/C31H36ClN3O4S/c1-23-13-19-29(20-14-23)40(38,39)35(28-17-15-26(32)16-18-28)22-30(36)34(21-25-9-5-3-6-10-25)24(2)31(37)33-27-11-7-4-8-12-27/h3,5-6,9-10,13-20,24,27H,4,7-8,11-12,21-22H2,1-2H3,(H,33,37)/t24-/m0/s1. The zero-order valence-electron chi connectivity index (χ0n) is 22.9. The Morgan fingerprint density at radius 2 is 1.55 bits per heavy atom. The molecule has 1 atom stereocenters.